The molecule has 0 rings (SSSR count). The van der Waals surface area contributed by atoms with E-state index in [-0.39, 0.29) is 5.91 Å². The summed E-state index contributed by atoms with van der Waals surface area (Å²) in [6.07, 6.45) is 5.02. The molecule has 0 spiro atoms. The van der Waals surface area contributed by atoms with Crippen molar-refractivity contribution >= 4 is 5.91 Å². The molecule has 0 bridgehead atoms. The first-order valence-corrected chi connectivity index (χ1v) is 4.68. The van der Waals surface area contributed by atoms with Gasteiger partial charge in [0.1, 0.15) is 0 Å². The second kappa shape index (κ2) is 6.66. The van der Waals surface area contributed by atoms with E-state index in [1.807, 2.05) is 13.0 Å². The lowest BCUT2D eigenvalue weighted by Crippen LogP contribution is -2.22. The van der Waals surface area contributed by atoms with Crippen molar-refractivity contribution < 1.29 is 4.79 Å². The zero-order chi connectivity index (χ0) is 10.3. The zero-order valence-electron chi connectivity index (χ0n) is 8.84. The van der Waals surface area contributed by atoms with Crippen LogP contribution in [0.25, 0.3) is 0 Å². The highest BCUT2D eigenvalue weighted by Crippen LogP contribution is 2.02. The van der Waals surface area contributed by atoms with Crippen molar-refractivity contribution in [1.82, 2.24) is 4.90 Å². The van der Waals surface area contributed by atoms with Crippen molar-refractivity contribution in [3.63, 3.8) is 0 Å². The van der Waals surface area contributed by atoms with Gasteiger partial charge in [0.2, 0.25) is 5.91 Å². The molecule has 0 saturated heterocycles. The van der Waals surface area contributed by atoms with E-state index in [0.29, 0.717) is 0 Å². The summed E-state index contributed by atoms with van der Waals surface area (Å²) in [5.74, 6) is 0.0905. The quantitative estimate of drug-likeness (QED) is 0.514. The fraction of sp³-hybridized carbons (Fsp3) is 0.700. The van der Waals surface area contributed by atoms with E-state index < -0.39 is 0 Å². The molecule has 0 aliphatic rings. The van der Waals surface area contributed by atoms with Crippen LogP contribution in [0.4, 0.5) is 0 Å². The average Bonchev–Trinajstić information content (AvgIpc) is 2.10. The highest BCUT2D eigenvalue weighted by molar-refractivity contribution is 5.92. The first-order chi connectivity index (χ1) is 6.09. The number of carbonyl (C=O) groups is 1. The van der Waals surface area contributed by atoms with Crippen LogP contribution in [-0.4, -0.2) is 31.4 Å². The molecule has 0 unspecified atom stereocenters. The topological polar surface area (TPSA) is 46.3 Å². The van der Waals surface area contributed by atoms with Crippen molar-refractivity contribution in [1.29, 1.82) is 0 Å². The van der Waals surface area contributed by atoms with Gasteiger partial charge in [-0.3, -0.25) is 4.79 Å². The molecule has 3 nitrogen and oxygen atoms in total. The molecule has 0 aliphatic carbocycles. The van der Waals surface area contributed by atoms with E-state index in [1.165, 1.54) is 0 Å². The van der Waals surface area contributed by atoms with Crippen LogP contribution < -0.4 is 5.73 Å². The molecule has 76 valence electrons. The average molecular weight is 184 g/mol. The van der Waals surface area contributed by atoms with E-state index >= 15 is 0 Å². The number of nitrogens with zero attached hydrogens (tertiary/aromatic N) is 1. The lowest BCUT2D eigenvalue weighted by Gasteiger charge is -2.09. The Kier molecular flexibility index (Phi) is 6.24. The highest BCUT2D eigenvalue weighted by Gasteiger charge is 2.04. The minimum Gasteiger partial charge on any atom is -0.345 e. The minimum absolute atomic E-state index is 0.0905. The number of carbonyl (C=O) groups excluding carboxylic acids is 1. The minimum atomic E-state index is 0.0905. The molecular formula is C10H20N2O. The largest absolute Gasteiger partial charge is 0.345 e. The third kappa shape index (κ3) is 5.42. The number of likely N-dealkylation sites (N-methyl/N-ethyl adjacent to an activating group) is 1. The monoisotopic (exact) mass is 184 g/mol. The predicted molar refractivity (Wildman–Crippen MR) is 55.4 cm³/mol. The summed E-state index contributed by atoms with van der Waals surface area (Å²) < 4.78 is 0. The summed E-state index contributed by atoms with van der Waals surface area (Å²) in [5.41, 5.74) is 6.18. The van der Waals surface area contributed by atoms with Gasteiger partial charge in [-0.2, -0.15) is 0 Å². The Hall–Kier alpha value is -0.830. The van der Waals surface area contributed by atoms with Gasteiger partial charge < -0.3 is 10.6 Å². The molecule has 1 amide bonds. The first-order valence-electron chi connectivity index (χ1n) is 4.68. The summed E-state index contributed by atoms with van der Waals surface area (Å²) in [5, 5.41) is 0. The van der Waals surface area contributed by atoms with Crippen molar-refractivity contribution in [3.05, 3.63) is 11.6 Å². The fourth-order valence-electron chi connectivity index (χ4n) is 1.05. The molecule has 0 aromatic heterocycles. The first kappa shape index (κ1) is 12.2. The van der Waals surface area contributed by atoms with Gasteiger partial charge in [-0.05, 0) is 32.7 Å². The highest BCUT2D eigenvalue weighted by atomic mass is 16.2. The van der Waals surface area contributed by atoms with E-state index in [2.05, 4.69) is 0 Å². The van der Waals surface area contributed by atoms with Crippen molar-refractivity contribution in [2.75, 3.05) is 20.6 Å². The summed E-state index contributed by atoms with van der Waals surface area (Å²) in [6, 6.07) is 0. The van der Waals surface area contributed by atoms with E-state index in [9.17, 15) is 4.79 Å². The summed E-state index contributed by atoms with van der Waals surface area (Å²) in [7, 11) is 3.53. The lowest BCUT2D eigenvalue weighted by molar-refractivity contribution is -0.124. The number of unbranched alkanes of at least 4 members (excludes halogenated alkanes) is 2. The van der Waals surface area contributed by atoms with Gasteiger partial charge in [-0.25, -0.2) is 0 Å². The van der Waals surface area contributed by atoms with Crippen LogP contribution in [0.2, 0.25) is 0 Å². The molecule has 0 saturated carbocycles. The number of hydrogen-bond acceptors (Lipinski definition) is 2. The van der Waals surface area contributed by atoms with Gasteiger partial charge in [0, 0.05) is 19.7 Å². The SMILES string of the molecule is CC(=CCCCCN)C(=O)N(C)C. The molecule has 0 fully saturated rings. The Bertz CT molecular complexity index is 185. The smallest absolute Gasteiger partial charge is 0.248 e. The van der Waals surface area contributed by atoms with E-state index in [4.69, 9.17) is 5.73 Å². The summed E-state index contributed by atoms with van der Waals surface area (Å²) >= 11 is 0. The molecule has 13 heavy (non-hydrogen) atoms. The van der Waals surface area contributed by atoms with Crippen LogP contribution in [0.15, 0.2) is 11.6 Å². The Morgan fingerprint density at radius 1 is 1.38 bits per heavy atom. The zero-order valence-corrected chi connectivity index (χ0v) is 8.84. The van der Waals surface area contributed by atoms with Crippen LogP contribution in [0.1, 0.15) is 26.2 Å². The molecule has 0 heterocycles. The van der Waals surface area contributed by atoms with Gasteiger partial charge in [0.25, 0.3) is 0 Å². The van der Waals surface area contributed by atoms with E-state index in [1.54, 1.807) is 19.0 Å². The molecule has 0 atom stereocenters. The van der Waals surface area contributed by atoms with Gasteiger partial charge in [-0.1, -0.05) is 6.08 Å². The molecule has 3 heteroatoms. The van der Waals surface area contributed by atoms with Gasteiger partial charge in [0.05, 0.1) is 0 Å². The van der Waals surface area contributed by atoms with Gasteiger partial charge >= 0.3 is 0 Å². The number of rotatable bonds is 5. The molecule has 0 aromatic rings. The molecule has 0 aromatic carbocycles. The second-order valence-corrected chi connectivity index (χ2v) is 3.37. The number of nitrogens with two attached hydrogens (primary N) is 1. The number of amides is 1. The van der Waals surface area contributed by atoms with Crippen LogP contribution in [-0.2, 0) is 4.79 Å². The third-order valence-corrected chi connectivity index (χ3v) is 1.85. The molecular weight excluding hydrogens is 164 g/mol. The maximum absolute atomic E-state index is 11.3. The van der Waals surface area contributed by atoms with Crippen LogP contribution >= 0.6 is 0 Å². The van der Waals surface area contributed by atoms with E-state index in [0.717, 1.165) is 31.4 Å². The maximum Gasteiger partial charge on any atom is 0.248 e. The van der Waals surface area contributed by atoms with Crippen LogP contribution in [0, 0.1) is 0 Å². The summed E-state index contributed by atoms with van der Waals surface area (Å²) in [6.45, 7) is 2.58. The second-order valence-electron chi connectivity index (χ2n) is 3.37. The number of allylic oxidation sites excluding steroid dienone is 1. The Balaban J connectivity index is 3.81. The van der Waals surface area contributed by atoms with Crippen molar-refractivity contribution in [3.8, 4) is 0 Å². The molecule has 0 aliphatic heterocycles. The third-order valence-electron chi connectivity index (χ3n) is 1.85. The Morgan fingerprint density at radius 3 is 2.46 bits per heavy atom. The lowest BCUT2D eigenvalue weighted by atomic mass is 10.1. The maximum atomic E-state index is 11.3. The Labute approximate surface area is 80.6 Å². The molecule has 2 N–H and O–H groups in total. The van der Waals surface area contributed by atoms with Crippen molar-refractivity contribution in [2.45, 2.75) is 26.2 Å². The normalized spacial score (nSPS) is 11.5. The van der Waals surface area contributed by atoms with Crippen LogP contribution in [0.5, 0.6) is 0 Å². The standard InChI is InChI=1S/C10H20N2O/c1-9(10(13)12(2)3)7-5-4-6-8-11/h7H,4-6,8,11H2,1-3H3. The summed E-state index contributed by atoms with van der Waals surface area (Å²) in [4.78, 5) is 12.9. The van der Waals surface area contributed by atoms with Gasteiger partial charge in [-0.15, -0.1) is 0 Å². The van der Waals surface area contributed by atoms with Gasteiger partial charge in [0.15, 0.2) is 0 Å². The van der Waals surface area contributed by atoms with Crippen LogP contribution in [0.3, 0.4) is 0 Å². The molecule has 0 radical (unpaired) electrons. The fourth-order valence-corrected chi connectivity index (χ4v) is 1.05. The van der Waals surface area contributed by atoms with Crippen molar-refractivity contribution in [2.24, 2.45) is 5.73 Å². The Morgan fingerprint density at radius 2 is 2.00 bits per heavy atom. The predicted octanol–water partition coefficient (Wildman–Crippen LogP) is 1.15. The number of hydrogen-bond donors (Lipinski definition) is 1.